The number of ether oxygens (including phenoxy) is 6. The van der Waals surface area contributed by atoms with Crippen molar-refractivity contribution in [1.82, 2.24) is 4.90 Å². The van der Waals surface area contributed by atoms with E-state index in [-0.39, 0.29) is 25.5 Å². The van der Waals surface area contributed by atoms with E-state index in [4.69, 9.17) is 28.4 Å². The van der Waals surface area contributed by atoms with Crippen LogP contribution >= 0.6 is 0 Å². The van der Waals surface area contributed by atoms with Crippen LogP contribution in [0.3, 0.4) is 0 Å². The maximum Gasteiger partial charge on any atom is 0.338 e. The van der Waals surface area contributed by atoms with Crippen LogP contribution in [0.5, 0.6) is 0 Å². The first-order valence-electron chi connectivity index (χ1n) is 22.8. The topological polar surface area (TPSA) is 153 Å². The Bertz CT molecular complexity index is 1750. The van der Waals surface area contributed by atoms with Gasteiger partial charge in [-0.05, 0) is 70.0 Å². The third-order valence-electron chi connectivity index (χ3n) is 15.9. The van der Waals surface area contributed by atoms with E-state index in [0.29, 0.717) is 24.9 Å². The summed E-state index contributed by atoms with van der Waals surface area (Å²) in [6.07, 6.45) is 16.3. The lowest BCUT2D eigenvalue weighted by Gasteiger charge is -2.70. The van der Waals surface area contributed by atoms with E-state index < -0.39 is 94.3 Å². The molecule has 1 aromatic carbocycles. The maximum absolute atomic E-state index is 14.5. The quantitative estimate of drug-likeness (QED) is 0.0776. The summed E-state index contributed by atoms with van der Waals surface area (Å²) in [4.78, 5) is 30.8. The third-order valence-corrected chi connectivity index (χ3v) is 15.9. The number of unbranched alkanes of at least 4 members (excludes halogenated alkanes) is 5. The Labute approximate surface area is 362 Å². The van der Waals surface area contributed by atoms with E-state index in [0.717, 1.165) is 51.4 Å². The van der Waals surface area contributed by atoms with E-state index in [2.05, 4.69) is 48.3 Å². The number of benzene rings is 1. The number of esters is 2. The van der Waals surface area contributed by atoms with Crippen LogP contribution in [-0.2, 0) is 33.2 Å². The fourth-order valence-corrected chi connectivity index (χ4v) is 14.1. The van der Waals surface area contributed by atoms with Gasteiger partial charge in [0.15, 0.2) is 5.60 Å². The van der Waals surface area contributed by atoms with Gasteiger partial charge >= 0.3 is 11.9 Å². The van der Waals surface area contributed by atoms with Crippen LogP contribution in [0.25, 0.3) is 0 Å². The maximum atomic E-state index is 14.5. The second-order valence-electron chi connectivity index (χ2n) is 18.8. The van der Waals surface area contributed by atoms with Crippen molar-refractivity contribution in [3.05, 3.63) is 72.4 Å². The Hall–Kier alpha value is -2.94. The Kier molecular flexibility index (Phi) is 14.4. The molecule has 1 saturated heterocycles. The molecule has 15 atom stereocenters. The van der Waals surface area contributed by atoms with Crippen LogP contribution in [0.1, 0.15) is 94.3 Å². The average molecular weight is 850 g/mol. The second kappa shape index (κ2) is 19.0. The van der Waals surface area contributed by atoms with Gasteiger partial charge < -0.3 is 48.6 Å². The standard InChI is InChI=1S/C49H71NO11/c1-7-8-9-10-11-12-13-14-15-16-17-18-19-20-24-27-36(52)61-49-37-33(29-47(55,44(59-6)42(49)53)43(37)60-45(54)32-25-22-21-23-26-32)48-35(57-4)28-34(51)46(31-56-3)30-50(2)41(48)38(49)39(58-5)40(46)48/h8-9,11-12,14-15,21-23,25-26,33-35,37-44,51,53,55H,7,10,13,16-20,24,27-31H2,1-6H3/b9-8-,12-11-,15-14-/t33-,34-,35+,37-,38+,39+,40-,41-,42+,43-,44+,46+,47+,48+,49-/m1/s1. The molecule has 1 heterocycles. The van der Waals surface area contributed by atoms with E-state index >= 15 is 0 Å². The van der Waals surface area contributed by atoms with Crippen LogP contribution in [-0.4, -0.2) is 135 Å². The van der Waals surface area contributed by atoms with Gasteiger partial charge in [0.1, 0.15) is 23.9 Å². The molecule has 1 aromatic rings. The number of aliphatic hydroxyl groups excluding tert-OH is 2. The van der Waals surface area contributed by atoms with Crippen molar-refractivity contribution in [2.45, 2.75) is 138 Å². The van der Waals surface area contributed by atoms with Crippen LogP contribution < -0.4 is 0 Å². The largest absolute Gasteiger partial charge is 0.455 e. The molecule has 0 aromatic heterocycles. The van der Waals surface area contributed by atoms with Crippen LogP contribution in [0, 0.1) is 34.5 Å². The summed E-state index contributed by atoms with van der Waals surface area (Å²) in [6, 6.07) is 8.25. The van der Waals surface area contributed by atoms with Crippen molar-refractivity contribution >= 4 is 11.9 Å². The van der Waals surface area contributed by atoms with Crippen molar-refractivity contribution in [1.29, 1.82) is 0 Å². The van der Waals surface area contributed by atoms with E-state index in [1.807, 2.05) is 13.1 Å². The number of carbonyl (C=O) groups is 2. The average Bonchev–Trinajstić information content (AvgIpc) is 3.64. The molecule has 0 amide bonds. The number of nitrogens with zero attached hydrogens (tertiary/aromatic N) is 1. The summed E-state index contributed by atoms with van der Waals surface area (Å²) in [5.41, 5.74) is -4.88. The summed E-state index contributed by atoms with van der Waals surface area (Å²) in [5, 5.41) is 38.1. The number of fused-ring (bicyclic) bond motifs is 2. The molecule has 12 nitrogen and oxygen atoms in total. The van der Waals surface area contributed by atoms with Crippen molar-refractivity contribution in [2.75, 3.05) is 48.6 Å². The fourth-order valence-electron chi connectivity index (χ4n) is 14.1. The van der Waals surface area contributed by atoms with Gasteiger partial charge in [-0.2, -0.15) is 0 Å². The van der Waals surface area contributed by atoms with E-state index in [9.17, 15) is 24.9 Å². The molecule has 0 unspecified atom stereocenters. The number of aliphatic hydroxyl groups is 3. The minimum atomic E-state index is -1.85. The Morgan fingerprint density at radius 2 is 1.54 bits per heavy atom. The highest BCUT2D eigenvalue weighted by atomic mass is 16.6. The lowest BCUT2D eigenvalue weighted by Crippen LogP contribution is -2.81. The zero-order chi connectivity index (χ0) is 43.6. The fraction of sp³-hybridized carbons (Fsp3) is 0.714. The third kappa shape index (κ3) is 7.38. The Morgan fingerprint density at radius 1 is 0.852 bits per heavy atom. The molecule has 7 rings (SSSR count). The highest BCUT2D eigenvalue weighted by Gasteiger charge is 2.92. The van der Waals surface area contributed by atoms with Gasteiger partial charge in [0.25, 0.3) is 0 Å². The highest BCUT2D eigenvalue weighted by Crippen LogP contribution is 2.80. The first-order chi connectivity index (χ1) is 29.5. The minimum absolute atomic E-state index is 0.0742. The highest BCUT2D eigenvalue weighted by molar-refractivity contribution is 5.89. The molecule has 61 heavy (non-hydrogen) atoms. The SMILES string of the molecule is CC/C=C\C/C=C\C/C=C\CCCCCCCC(=O)O[C@]12[C@H]3[C@@H](OC(=O)c4ccccc4)[C@@](O)(C[C@H]3[C@@]34[C@@H](OC)C[C@@H](O)[C@@]5(COC)CN(C)[C@@H]3[C@@H]1[C@H](OC)[C@H]54)[C@@H](OC)[C@@H]2O. The molecule has 1 aliphatic heterocycles. The molecule has 5 aliphatic carbocycles. The first kappa shape index (κ1) is 46.1. The first-order valence-corrected chi connectivity index (χ1v) is 22.8. The monoisotopic (exact) mass is 850 g/mol. The number of methoxy groups -OCH3 is 4. The molecule has 5 saturated carbocycles. The van der Waals surface area contributed by atoms with Crippen molar-refractivity contribution < 1.29 is 53.3 Å². The predicted molar refractivity (Wildman–Crippen MR) is 229 cm³/mol. The predicted octanol–water partition coefficient (Wildman–Crippen LogP) is 5.83. The van der Waals surface area contributed by atoms with Gasteiger partial charge in [-0.25, -0.2) is 4.79 Å². The number of piperidine rings is 1. The van der Waals surface area contributed by atoms with Crippen molar-refractivity contribution in [3.63, 3.8) is 0 Å². The molecule has 12 heteroatoms. The van der Waals surface area contributed by atoms with Gasteiger partial charge in [0.05, 0.1) is 30.5 Å². The summed E-state index contributed by atoms with van der Waals surface area (Å²) in [6.45, 7) is 2.84. The van der Waals surface area contributed by atoms with Gasteiger partial charge in [-0.1, -0.05) is 80.8 Å². The number of likely N-dealkylation sites (tertiary alicyclic amines) is 1. The molecule has 338 valence electrons. The molecular weight excluding hydrogens is 779 g/mol. The summed E-state index contributed by atoms with van der Waals surface area (Å²) >= 11 is 0. The molecule has 3 N–H and O–H groups in total. The lowest BCUT2D eigenvalue weighted by atomic mass is 9.42. The van der Waals surface area contributed by atoms with Crippen LogP contribution in [0.15, 0.2) is 66.8 Å². The van der Waals surface area contributed by atoms with Crippen LogP contribution in [0.2, 0.25) is 0 Å². The molecule has 1 spiro atoms. The Balaban J connectivity index is 1.18. The van der Waals surface area contributed by atoms with Crippen molar-refractivity contribution in [2.24, 2.45) is 34.5 Å². The number of allylic oxidation sites excluding steroid dienone is 6. The van der Waals surface area contributed by atoms with Crippen LogP contribution in [0.4, 0.5) is 0 Å². The van der Waals surface area contributed by atoms with E-state index in [1.54, 1.807) is 45.6 Å². The van der Waals surface area contributed by atoms with E-state index in [1.165, 1.54) is 7.11 Å². The zero-order valence-electron chi connectivity index (χ0n) is 37.2. The van der Waals surface area contributed by atoms with Crippen molar-refractivity contribution in [3.8, 4) is 0 Å². The lowest BCUT2D eigenvalue weighted by molar-refractivity contribution is -0.321. The van der Waals surface area contributed by atoms with Gasteiger partial charge in [-0.3, -0.25) is 4.79 Å². The van der Waals surface area contributed by atoms with Gasteiger partial charge in [-0.15, -0.1) is 0 Å². The molecular formula is C49H71NO11. The summed E-state index contributed by atoms with van der Waals surface area (Å²) in [5.74, 6) is -3.56. The van der Waals surface area contributed by atoms with Gasteiger partial charge in [0.2, 0.25) is 0 Å². The second-order valence-corrected chi connectivity index (χ2v) is 18.8. The molecule has 6 fully saturated rings. The normalized spacial score (nSPS) is 41.0. The molecule has 7 bridgehead atoms. The molecule has 0 radical (unpaired) electrons. The summed E-state index contributed by atoms with van der Waals surface area (Å²) < 4.78 is 38.4. The number of hydrogen-bond acceptors (Lipinski definition) is 12. The Morgan fingerprint density at radius 3 is 2.21 bits per heavy atom. The minimum Gasteiger partial charge on any atom is -0.455 e. The summed E-state index contributed by atoms with van der Waals surface area (Å²) in [7, 11) is 8.36. The number of rotatable bonds is 21. The molecule has 6 aliphatic rings. The number of hydrogen-bond donors (Lipinski definition) is 3. The smallest absolute Gasteiger partial charge is 0.338 e. The van der Waals surface area contributed by atoms with Gasteiger partial charge in [0, 0.05) is 82.5 Å². The number of carbonyl (C=O) groups excluding carboxylic acids is 2. The zero-order valence-corrected chi connectivity index (χ0v) is 37.2.